The number of ether oxygens (including phenoxy) is 3. The molecule has 0 fully saturated rings. The highest BCUT2D eigenvalue weighted by molar-refractivity contribution is 14.1. The molecule has 0 saturated carbocycles. The van der Waals surface area contributed by atoms with Gasteiger partial charge in [-0.05, 0) is 46.3 Å². The van der Waals surface area contributed by atoms with Crippen LogP contribution in [0.15, 0.2) is 12.1 Å². The number of benzene rings is 1. The first kappa shape index (κ1) is 18.2. The summed E-state index contributed by atoms with van der Waals surface area (Å²) in [6.45, 7) is 8.51. The molecule has 0 aliphatic heterocycles. The Labute approximate surface area is 141 Å². The van der Waals surface area contributed by atoms with Crippen molar-refractivity contribution >= 4 is 42.3 Å². The minimum Gasteiger partial charge on any atom is -0.466 e. The third-order valence-corrected chi connectivity index (χ3v) is 5.82. The molecule has 0 amide bonds. The fraction of sp³-hybridized carbons (Fsp3) is 0.571. The second kappa shape index (κ2) is 8.58. The Hall–Kier alpha value is 0.177. The maximum atomic E-state index is 6.08. The quantitative estimate of drug-likeness (QED) is 0.258. The van der Waals surface area contributed by atoms with Gasteiger partial charge < -0.3 is 14.2 Å². The molecule has 114 valence electrons. The van der Waals surface area contributed by atoms with Crippen LogP contribution in [0.1, 0.15) is 5.56 Å². The molecule has 0 heterocycles. The average Bonchev–Trinajstić information content (AvgIpc) is 2.33. The largest absolute Gasteiger partial charge is 0.466 e. The molecule has 0 atom stereocenters. The summed E-state index contributed by atoms with van der Waals surface area (Å²) in [7, 11) is 0.618. The smallest absolute Gasteiger partial charge is 0.189 e. The van der Waals surface area contributed by atoms with Crippen LogP contribution in [0.4, 0.5) is 0 Å². The Balaban J connectivity index is 2.51. The van der Waals surface area contributed by atoms with Gasteiger partial charge in [-0.3, -0.25) is 0 Å². The summed E-state index contributed by atoms with van der Waals surface area (Å²) >= 11 is 8.33. The van der Waals surface area contributed by atoms with Crippen LogP contribution in [-0.2, 0) is 16.1 Å². The third-order valence-electron chi connectivity index (χ3n) is 2.67. The molecule has 0 unspecified atom stereocenters. The maximum absolute atomic E-state index is 6.08. The molecule has 0 spiro atoms. The minimum absolute atomic E-state index is 0.257. The summed E-state index contributed by atoms with van der Waals surface area (Å²) in [5.74, 6) is 0.748. The van der Waals surface area contributed by atoms with Crippen LogP contribution in [0, 0.1) is 3.57 Å². The van der Waals surface area contributed by atoms with Crippen LogP contribution < -0.4 is 4.74 Å². The molecule has 0 aliphatic carbocycles. The number of halogens is 2. The van der Waals surface area contributed by atoms with Gasteiger partial charge in [0.15, 0.2) is 6.79 Å². The zero-order chi connectivity index (χ0) is 15.2. The van der Waals surface area contributed by atoms with Crippen molar-refractivity contribution in [2.75, 3.05) is 20.5 Å². The molecule has 0 radical (unpaired) electrons. The molecule has 0 N–H and O–H groups in total. The lowest BCUT2D eigenvalue weighted by Gasteiger charge is -2.16. The van der Waals surface area contributed by atoms with Crippen molar-refractivity contribution in [2.24, 2.45) is 0 Å². The average molecular weight is 429 g/mol. The van der Waals surface area contributed by atoms with Gasteiger partial charge in [-0.1, -0.05) is 31.2 Å². The Bertz CT molecular complexity index is 435. The first-order valence-corrected chi connectivity index (χ1v) is 11.7. The number of methoxy groups -OCH3 is 1. The van der Waals surface area contributed by atoms with Gasteiger partial charge in [-0.2, -0.15) is 0 Å². The van der Waals surface area contributed by atoms with Gasteiger partial charge in [0.05, 0.1) is 10.2 Å². The van der Waals surface area contributed by atoms with E-state index in [2.05, 4.69) is 42.2 Å². The van der Waals surface area contributed by atoms with Crippen molar-refractivity contribution in [1.82, 2.24) is 0 Å². The molecule has 0 bridgehead atoms. The van der Waals surface area contributed by atoms with E-state index < -0.39 is 8.07 Å². The zero-order valence-corrected chi connectivity index (χ0v) is 16.4. The standard InChI is InChI=1S/C14H22ClIO3Si/c1-17-9-11-7-12(15)8-13(14(11)16)19-10-18-5-6-20(2,3)4/h7-8H,5-6,9-10H2,1-4H3. The van der Waals surface area contributed by atoms with Gasteiger partial charge in [-0.15, -0.1) is 0 Å². The number of hydrogen-bond donors (Lipinski definition) is 0. The summed E-state index contributed by atoms with van der Waals surface area (Å²) in [5.41, 5.74) is 1.03. The first-order valence-electron chi connectivity index (χ1n) is 6.51. The summed E-state index contributed by atoms with van der Waals surface area (Å²) in [6, 6.07) is 4.84. The van der Waals surface area contributed by atoms with E-state index >= 15 is 0 Å². The summed E-state index contributed by atoms with van der Waals surface area (Å²) in [4.78, 5) is 0. The summed E-state index contributed by atoms with van der Waals surface area (Å²) in [5, 5.41) is 0.648. The molecular weight excluding hydrogens is 407 g/mol. The van der Waals surface area contributed by atoms with E-state index in [1.54, 1.807) is 7.11 Å². The zero-order valence-electron chi connectivity index (χ0n) is 12.5. The van der Waals surface area contributed by atoms with Crippen molar-refractivity contribution in [3.8, 4) is 5.75 Å². The van der Waals surface area contributed by atoms with Crippen molar-refractivity contribution < 1.29 is 14.2 Å². The van der Waals surface area contributed by atoms with Crippen LogP contribution >= 0.6 is 34.2 Å². The molecule has 1 aromatic carbocycles. The highest BCUT2D eigenvalue weighted by Crippen LogP contribution is 2.29. The van der Waals surface area contributed by atoms with Crippen LogP contribution in [0.3, 0.4) is 0 Å². The van der Waals surface area contributed by atoms with E-state index in [4.69, 9.17) is 25.8 Å². The van der Waals surface area contributed by atoms with Gasteiger partial charge in [0.25, 0.3) is 0 Å². The molecule has 1 aromatic rings. The Morgan fingerprint density at radius 3 is 2.55 bits per heavy atom. The van der Waals surface area contributed by atoms with E-state index in [1.165, 1.54) is 0 Å². The van der Waals surface area contributed by atoms with Gasteiger partial charge in [0, 0.05) is 26.8 Å². The number of hydrogen-bond acceptors (Lipinski definition) is 3. The topological polar surface area (TPSA) is 27.7 Å². The molecule has 0 saturated heterocycles. The lowest BCUT2D eigenvalue weighted by Crippen LogP contribution is -2.22. The lowest BCUT2D eigenvalue weighted by atomic mass is 10.2. The van der Waals surface area contributed by atoms with Crippen LogP contribution in [-0.4, -0.2) is 28.6 Å². The molecule has 1 rings (SSSR count). The van der Waals surface area contributed by atoms with Gasteiger partial charge in [0.1, 0.15) is 5.75 Å². The van der Waals surface area contributed by atoms with Crippen LogP contribution in [0.25, 0.3) is 0 Å². The summed E-state index contributed by atoms with van der Waals surface area (Å²) in [6.07, 6.45) is 0. The molecular formula is C14H22ClIO3Si. The van der Waals surface area contributed by atoms with E-state index in [-0.39, 0.29) is 6.79 Å². The molecule has 20 heavy (non-hydrogen) atoms. The fourth-order valence-electron chi connectivity index (χ4n) is 1.53. The van der Waals surface area contributed by atoms with E-state index in [1.807, 2.05) is 12.1 Å². The SMILES string of the molecule is COCc1cc(Cl)cc(OCOCC[Si](C)(C)C)c1I. The van der Waals surface area contributed by atoms with Gasteiger partial charge in [0.2, 0.25) is 0 Å². The van der Waals surface area contributed by atoms with Gasteiger partial charge >= 0.3 is 0 Å². The van der Waals surface area contributed by atoms with Crippen LogP contribution in [0.5, 0.6) is 5.75 Å². The maximum Gasteiger partial charge on any atom is 0.189 e. The predicted molar refractivity (Wildman–Crippen MR) is 94.5 cm³/mol. The number of rotatable bonds is 8. The van der Waals surface area contributed by atoms with E-state index in [0.717, 1.165) is 27.5 Å². The molecule has 3 nitrogen and oxygen atoms in total. The minimum atomic E-state index is -1.05. The molecule has 0 aromatic heterocycles. The van der Waals surface area contributed by atoms with Crippen molar-refractivity contribution in [1.29, 1.82) is 0 Å². The van der Waals surface area contributed by atoms with Crippen LogP contribution in [0.2, 0.25) is 30.7 Å². The van der Waals surface area contributed by atoms with E-state index in [0.29, 0.717) is 11.6 Å². The second-order valence-corrected chi connectivity index (χ2v) is 12.9. The van der Waals surface area contributed by atoms with Crippen molar-refractivity contribution in [3.05, 3.63) is 26.3 Å². The highest BCUT2D eigenvalue weighted by atomic mass is 127. The summed E-state index contributed by atoms with van der Waals surface area (Å²) < 4.78 is 17.4. The van der Waals surface area contributed by atoms with Gasteiger partial charge in [-0.25, -0.2) is 0 Å². The van der Waals surface area contributed by atoms with E-state index in [9.17, 15) is 0 Å². The Morgan fingerprint density at radius 1 is 1.25 bits per heavy atom. The fourth-order valence-corrected chi connectivity index (χ4v) is 3.14. The highest BCUT2D eigenvalue weighted by Gasteiger charge is 2.13. The Kier molecular flexibility index (Phi) is 7.82. The monoisotopic (exact) mass is 428 g/mol. The Morgan fingerprint density at radius 2 is 1.95 bits per heavy atom. The second-order valence-electron chi connectivity index (χ2n) is 5.79. The van der Waals surface area contributed by atoms with Crippen molar-refractivity contribution in [2.45, 2.75) is 32.3 Å². The normalized spacial score (nSPS) is 11.7. The predicted octanol–water partition coefficient (Wildman–Crippen LogP) is 4.78. The molecule has 6 heteroatoms. The molecule has 0 aliphatic rings. The lowest BCUT2D eigenvalue weighted by molar-refractivity contribution is 0.0214. The van der Waals surface area contributed by atoms with Crippen molar-refractivity contribution in [3.63, 3.8) is 0 Å². The third kappa shape index (κ3) is 6.75. The first-order chi connectivity index (χ1) is 9.33.